The molecule has 0 amide bonds. The minimum atomic E-state index is -0.389. The van der Waals surface area contributed by atoms with Gasteiger partial charge in [0.2, 0.25) is 0 Å². The summed E-state index contributed by atoms with van der Waals surface area (Å²) in [5, 5.41) is 8.85. The van der Waals surface area contributed by atoms with Crippen molar-refractivity contribution in [3.63, 3.8) is 0 Å². The van der Waals surface area contributed by atoms with Gasteiger partial charge in [-0.3, -0.25) is 0 Å². The van der Waals surface area contributed by atoms with Crippen molar-refractivity contribution in [1.82, 2.24) is 0 Å². The molecule has 0 rings (SSSR count). The maximum absolute atomic E-state index is 8.85. The van der Waals surface area contributed by atoms with Crippen LogP contribution < -0.4 is 0 Å². The molecule has 1 atom stereocenters. The molecule has 0 saturated heterocycles. The maximum atomic E-state index is 8.85. The van der Waals surface area contributed by atoms with Gasteiger partial charge in [-0.15, -0.1) is 0 Å². The summed E-state index contributed by atoms with van der Waals surface area (Å²) in [7, 11) is 0. The van der Waals surface area contributed by atoms with Crippen LogP contribution in [0.15, 0.2) is 0 Å². The highest BCUT2D eigenvalue weighted by Crippen LogP contribution is 2.05. The van der Waals surface area contributed by atoms with Crippen LogP contribution in [0.25, 0.3) is 0 Å². The Kier molecular flexibility index (Phi) is 5.46. The lowest BCUT2D eigenvalue weighted by Gasteiger charge is -2.19. The van der Waals surface area contributed by atoms with Crippen molar-refractivity contribution in [3.8, 4) is 0 Å². The van der Waals surface area contributed by atoms with Crippen LogP contribution in [0.2, 0.25) is 0 Å². The molecule has 0 aromatic carbocycles. The summed E-state index contributed by atoms with van der Waals surface area (Å²) in [6.45, 7) is 9.21. The minimum Gasteiger partial charge on any atom is -0.391 e. The molecule has 0 saturated carbocycles. The van der Waals surface area contributed by atoms with Crippen LogP contribution in [-0.4, -0.2) is 36.6 Å². The zero-order valence-electron chi connectivity index (χ0n) is 8.46. The topological polar surface area (TPSA) is 38.7 Å². The fourth-order valence-electron chi connectivity index (χ4n) is 0.661. The summed E-state index contributed by atoms with van der Waals surface area (Å²) in [5.74, 6) is 0. The Morgan fingerprint density at radius 3 is 2.25 bits per heavy atom. The molecular formula is C9H20O3. The lowest BCUT2D eigenvalue weighted by Crippen LogP contribution is -2.22. The van der Waals surface area contributed by atoms with Crippen LogP contribution in [0.5, 0.6) is 0 Å². The summed E-state index contributed by atoms with van der Waals surface area (Å²) < 4.78 is 10.5. The fourth-order valence-corrected chi connectivity index (χ4v) is 0.661. The number of rotatable bonds is 5. The number of aliphatic hydroxyl groups excluding tert-OH is 1. The van der Waals surface area contributed by atoms with E-state index in [0.717, 1.165) is 0 Å². The minimum absolute atomic E-state index is 0.103. The van der Waals surface area contributed by atoms with E-state index in [0.29, 0.717) is 19.8 Å². The van der Waals surface area contributed by atoms with Gasteiger partial charge in [-0.2, -0.15) is 0 Å². The second-order valence-corrected chi connectivity index (χ2v) is 3.88. The first-order valence-corrected chi connectivity index (χ1v) is 4.31. The smallest absolute Gasteiger partial charge is 0.0745 e. The van der Waals surface area contributed by atoms with Crippen molar-refractivity contribution in [3.05, 3.63) is 0 Å². The lowest BCUT2D eigenvalue weighted by atomic mass is 10.2. The van der Waals surface area contributed by atoms with E-state index in [9.17, 15) is 0 Å². The van der Waals surface area contributed by atoms with Crippen LogP contribution in [-0.2, 0) is 9.47 Å². The van der Waals surface area contributed by atoms with E-state index in [-0.39, 0.29) is 11.7 Å². The third kappa shape index (κ3) is 9.88. The summed E-state index contributed by atoms with van der Waals surface area (Å²) in [6.07, 6.45) is -0.389. The highest BCUT2D eigenvalue weighted by Gasteiger charge is 2.08. The fraction of sp³-hybridized carbons (Fsp3) is 1.00. The Morgan fingerprint density at radius 1 is 1.25 bits per heavy atom. The van der Waals surface area contributed by atoms with Crippen LogP contribution in [0.1, 0.15) is 27.7 Å². The molecule has 0 unspecified atom stereocenters. The molecule has 0 aromatic rings. The summed E-state index contributed by atoms with van der Waals surface area (Å²) in [4.78, 5) is 0. The first kappa shape index (κ1) is 11.9. The maximum Gasteiger partial charge on any atom is 0.0745 e. The summed E-state index contributed by atoms with van der Waals surface area (Å²) in [6, 6.07) is 0. The normalized spacial score (nSPS) is 14.8. The van der Waals surface area contributed by atoms with Crippen LogP contribution in [0, 0.1) is 0 Å². The van der Waals surface area contributed by atoms with E-state index in [1.807, 2.05) is 20.8 Å². The molecule has 0 bridgehead atoms. The molecule has 0 aliphatic heterocycles. The number of hydrogen-bond donors (Lipinski definition) is 1. The van der Waals surface area contributed by atoms with Crippen molar-refractivity contribution >= 4 is 0 Å². The van der Waals surface area contributed by atoms with Crippen molar-refractivity contribution < 1.29 is 14.6 Å². The predicted octanol–water partition coefficient (Wildman–Crippen LogP) is 1.20. The van der Waals surface area contributed by atoms with Gasteiger partial charge in [-0.1, -0.05) is 0 Å². The van der Waals surface area contributed by atoms with E-state index < -0.39 is 0 Å². The zero-order chi connectivity index (χ0) is 9.61. The van der Waals surface area contributed by atoms with Crippen LogP contribution in [0.3, 0.4) is 0 Å². The van der Waals surface area contributed by atoms with Crippen molar-refractivity contribution in [2.24, 2.45) is 0 Å². The molecule has 0 radical (unpaired) electrons. The van der Waals surface area contributed by atoms with Gasteiger partial charge >= 0.3 is 0 Å². The van der Waals surface area contributed by atoms with Gasteiger partial charge in [0.15, 0.2) is 0 Å². The Bertz CT molecular complexity index is 105. The molecule has 0 fully saturated rings. The average Bonchev–Trinajstić information content (AvgIpc) is 1.83. The highest BCUT2D eigenvalue weighted by atomic mass is 16.5. The van der Waals surface area contributed by atoms with Gasteiger partial charge in [0, 0.05) is 0 Å². The second kappa shape index (κ2) is 5.51. The molecule has 0 aliphatic carbocycles. The third-order valence-electron chi connectivity index (χ3n) is 1.12. The van der Waals surface area contributed by atoms with E-state index in [1.165, 1.54) is 0 Å². The number of ether oxygens (including phenoxy) is 2. The molecule has 0 aliphatic rings. The zero-order valence-corrected chi connectivity index (χ0v) is 8.46. The summed E-state index contributed by atoms with van der Waals surface area (Å²) >= 11 is 0. The predicted molar refractivity (Wildman–Crippen MR) is 48.2 cm³/mol. The average molecular weight is 176 g/mol. The monoisotopic (exact) mass is 176 g/mol. The Labute approximate surface area is 74.7 Å². The van der Waals surface area contributed by atoms with Gasteiger partial charge in [0.05, 0.1) is 31.5 Å². The molecule has 74 valence electrons. The first-order valence-electron chi connectivity index (χ1n) is 4.31. The molecule has 0 spiro atoms. The van der Waals surface area contributed by atoms with E-state index in [4.69, 9.17) is 14.6 Å². The number of aliphatic hydroxyl groups is 1. The van der Waals surface area contributed by atoms with E-state index >= 15 is 0 Å². The van der Waals surface area contributed by atoms with Crippen molar-refractivity contribution in [2.75, 3.05) is 19.8 Å². The molecule has 3 nitrogen and oxygen atoms in total. The van der Waals surface area contributed by atoms with Crippen LogP contribution >= 0.6 is 0 Å². The standard InChI is InChI=1S/C9H20O3/c1-8(10)7-11-5-6-12-9(2,3)4/h8,10H,5-7H2,1-4H3/t8-/m0/s1. The Balaban J connectivity index is 3.12. The van der Waals surface area contributed by atoms with Gasteiger partial charge in [-0.05, 0) is 27.7 Å². The SMILES string of the molecule is C[C@H](O)COCCOC(C)(C)C. The summed E-state index contributed by atoms with van der Waals surface area (Å²) in [5.41, 5.74) is -0.103. The van der Waals surface area contributed by atoms with E-state index in [2.05, 4.69) is 0 Å². The van der Waals surface area contributed by atoms with Crippen LogP contribution in [0.4, 0.5) is 0 Å². The van der Waals surface area contributed by atoms with Crippen molar-refractivity contribution in [1.29, 1.82) is 0 Å². The lowest BCUT2D eigenvalue weighted by molar-refractivity contribution is -0.0454. The highest BCUT2D eigenvalue weighted by molar-refractivity contribution is 4.57. The molecular weight excluding hydrogens is 156 g/mol. The Morgan fingerprint density at radius 2 is 1.83 bits per heavy atom. The van der Waals surface area contributed by atoms with Gasteiger partial charge in [-0.25, -0.2) is 0 Å². The molecule has 3 heteroatoms. The molecule has 1 N–H and O–H groups in total. The van der Waals surface area contributed by atoms with Gasteiger partial charge in [0.25, 0.3) is 0 Å². The van der Waals surface area contributed by atoms with Gasteiger partial charge in [0.1, 0.15) is 0 Å². The van der Waals surface area contributed by atoms with Gasteiger partial charge < -0.3 is 14.6 Å². The quantitative estimate of drug-likeness (QED) is 0.640. The first-order chi connectivity index (χ1) is 5.42. The molecule has 12 heavy (non-hydrogen) atoms. The number of hydrogen-bond acceptors (Lipinski definition) is 3. The van der Waals surface area contributed by atoms with E-state index in [1.54, 1.807) is 6.92 Å². The molecule has 0 aromatic heterocycles. The largest absolute Gasteiger partial charge is 0.391 e. The molecule has 0 heterocycles. The van der Waals surface area contributed by atoms with Crippen molar-refractivity contribution in [2.45, 2.75) is 39.4 Å². The third-order valence-corrected chi connectivity index (χ3v) is 1.12. The second-order valence-electron chi connectivity index (χ2n) is 3.88. The Hall–Kier alpha value is -0.120.